The molecule has 4 atom stereocenters. The van der Waals surface area contributed by atoms with Gasteiger partial charge in [-0.2, -0.15) is 0 Å². The molecule has 15 heteroatoms. The van der Waals surface area contributed by atoms with E-state index in [2.05, 4.69) is 37.1 Å². The lowest BCUT2D eigenvalue weighted by molar-refractivity contribution is -0.149. The first-order chi connectivity index (χ1) is 28.8. The van der Waals surface area contributed by atoms with E-state index in [1.807, 2.05) is 76.2 Å². The topological polar surface area (TPSA) is 183 Å². The van der Waals surface area contributed by atoms with Crippen molar-refractivity contribution >= 4 is 29.8 Å². The molecule has 0 spiro atoms. The molecule has 4 heterocycles. The Labute approximate surface area is 350 Å². The van der Waals surface area contributed by atoms with E-state index >= 15 is 0 Å². The van der Waals surface area contributed by atoms with Crippen molar-refractivity contribution in [2.75, 3.05) is 34.0 Å². The van der Waals surface area contributed by atoms with Crippen molar-refractivity contribution in [3.8, 4) is 34.4 Å². The lowest BCUT2D eigenvalue weighted by Crippen LogP contribution is -2.51. The molecule has 0 radical (unpaired) electrons. The molecule has 0 unspecified atom stereocenters. The summed E-state index contributed by atoms with van der Waals surface area (Å²) in [7, 11) is 2.59. The molecule has 15 nitrogen and oxygen atoms in total. The highest BCUT2D eigenvalue weighted by Crippen LogP contribution is 2.34. The van der Waals surface area contributed by atoms with Gasteiger partial charge in [-0.05, 0) is 60.1 Å². The summed E-state index contributed by atoms with van der Waals surface area (Å²) in [6.45, 7) is 10.4. The Morgan fingerprint density at radius 2 is 1.35 bits per heavy atom. The van der Waals surface area contributed by atoms with Crippen molar-refractivity contribution in [2.24, 2.45) is 17.8 Å². The minimum atomic E-state index is -0.700. The van der Waals surface area contributed by atoms with Crippen LogP contribution in [0.1, 0.15) is 95.2 Å². The number of alkyl carbamates (subject to hydrolysis) is 1. The van der Waals surface area contributed by atoms with Crippen LogP contribution in [0.4, 0.5) is 4.79 Å². The molecular weight excluding hydrogens is 765 g/mol. The number of benzene rings is 2. The summed E-state index contributed by atoms with van der Waals surface area (Å²) in [4.78, 5) is 85.4. The molecule has 0 bridgehead atoms. The number of carbonyl (C=O) groups excluding carboxylic acids is 5. The molecule has 2 fully saturated rings. The maximum absolute atomic E-state index is 13.9. The molecule has 0 aliphatic carbocycles. The molecular formula is C45H54N8O7. The van der Waals surface area contributed by atoms with Crippen LogP contribution < -0.4 is 5.32 Å². The molecule has 3 N–H and O–H groups in total. The van der Waals surface area contributed by atoms with E-state index in [4.69, 9.17) is 9.47 Å². The van der Waals surface area contributed by atoms with E-state index in [9.17, 15) is 24.0 Å². The summed E-state index contributed by atoms with van der Waals surface area (Å²) in [5.41, 5.74) is 5.06. The average molecular weight is 819 g/mol. The first kappa shape index (κ1) is 43.2. The van der Waals surface area contributed by atoms with Gasteiger partial charge in [0.1, 0.15) is 23.7 Å². The zero-order valence-electron chi connectivity index (χ0n) is 35.3. The molecule has 2 aliphatic heterocycles. The summed E-state index contributed by atoms with van der Waals surface area (Å²) in [5.74, 6) is 6.01. The molecule has 316 valence electrons. The number of nitrogens with zero attached hydrogens (tertiary/aromatic N) is 5. The van der Waals surface area contributed by atoms with Gasteiger partial charge >= 0.3 is 12.1 Å². The third kappa shape index (κ3) is 9.71. The smallest absolute Gasteiger partial charge is 0.407 e. The fourth-order valence-corrected chi connectivity index (χ4v) is 7.70. The third-order valence-corrected chi connectivity index (χ3v) is 11.3. The Morgan fingerprint density at radius 1 is 0.783 bits per heavy atom. The molecule has 2 saturated heterocycles. The minimum absolute atomic E-state index is 0.0424. The monoisotopic (exact) mass is 818 g/mol. The second kappa shape index (κ2) is 19.1. The summed E-state index contributed by atoms with van der Waals surface area (Å²) >= 11 is 0. The molecule has 60 heavy (non-hydrogen) atoms. The number of aromatic amines is 2. The number of methoxy groups -OCH3 is 2. The lowest BCUT2D eigenvalue weighted by Gasteiger charge is -2.30. The molecule has 4 amide bonds. The van der Waals surface area contributed by atoms with Crippen LogP contribution in [-0.4, -0.2) is 104 Å². The zero-order valence-corrected chi connectivity index (χ0v) is 35.3. The standard InChI is InChI=1S/C45H54N8O7/c1-8-38(54)51-25-37(53(26-51)43(56)33(27(2)3)22-39(55)59-6)42-47-24-35(49-42)32-19-15-30(16-20-32)12-11-29-13-17-31(18-14-29)34-23-46-41(48-34)36-10-9-21-52(36)44(57)40(28(4)5)50-45(58)60-7/h13-20,23-24,27-28,33,36-37,40H,8-10,21-22,25-26H2,1-7H3,(H,46,48)(H,47,49)(H,50,58)/t33-,36-,37-,40-/m0/s1. The summed E-state index contributed by atoms with van der Waals surface area (Å²) in [6.07, 6.45) is 4.73. The van der Waals surface area contributed by atoms with E-state index in [0.717, 1.165) is 46.5 Å². The second-order valence-corrected chi connectivity index (χ2v) is 15.9. The number of carbonyl (C=O) groups is 5. The molecule has 4 aromatic rings. The van der Waals surface area contributed by atoms with E-state index < -0.39 is 30.1 Å². The van der Waals surface area contributed by atoms with Crippen molar-refractivity contribution in [3.05, 3.63) is 83.7 Å². The van der Waals surface area contributed by atoms with Crippen molar-refractivity contribution < 1.29 is 33.4 Å². The van der Waals surface area contributed by atoms with Crippen LogP contribution in [0.5, 0.6) is 0 Å². The SMILES string of the molecule is CCC(=O)N1C[C@@H](c2ncc(-c3ccc(C#Cc4ccc(-c5cnc([C@@H]6CCCN6C(=O)[C@@H](NC(=O)OC)C(C)C)[nH]5)cc4)cc3)[nH]2)N(C(=O)[C@@H](CC(=O)OC)C(C)C)C1. The number of ether oxygens (including phenoxy) is 2. The summed E-state index contributed by atoms with van der Waals surface area (Å²) in [5, 5.41) is 2.68. The highest BCUT2D eigenvalue weighted by atomic mass is 16.5. The van der Waals surface area contributed by atoms with Gasteiger partial charge in [-0.3, -0.25) is 19.2 Å². The predicted octanol–water partition coefficient (Wildman–Crippen LogP) is 5.83. The van der Waals surface area contributed by atoms with Crippen molar-refractivity contribution in [3.63, 3.8) is 0 Å². The Bertz CT molecular complexity index is 2230. The van der Waals surface area contributed by atoms with E-state index in [1.165, 1.54) is 14.2 Å². The molecule has 6 rings (SSSR count). The fourth-order valence-electron chi connectivity index (χ4n) is 7.70. The van der Waals surface area contributed by atoms with Crippen LogP contribution in [0.3, 0.4) is 0 Å². The van der Waals surface area contributed by atoms with Gasteiger partial charge in [-0.25, -0.2) is 14.8 Å². The second-order valence-electron chi connectivity index (χ2n) is 15.9. The summed E-state index contributed by atoms with van der Waals surface area (Å²) < 4.78 is 9.61. The van der Waals surface area contributed by atoms with Crippen LogP contribution in [0.2, 0.25) is 0 Å². The number of H-pyrrole nitrogens is 2. The maximum Gasteiger partial charge on any atom is 0.407 e. The largest absolute Gasteiger partial charge is 0.469 e. The molecule has 2 aliphatic rings. The Hall–Kier alpha value is -6.43. The Balaban J connectivity index is 1.11. The average Bonchev–Trinajstić information content (AvgIpc) is 4.10. The van der Waals surface area contributed by atoms with Gasteiger partial charge in [0.25, 0.3) is 0 Å². The van der Waals surface area contributed by atoms with Crippen LogP contribution in [0.15, 0.2) is 60.9 Å². The van der Waals surface area contributed by atoms with Gasteiger partial charge < -0.3 is 39.5 Å². The maximum atomic E-state index is 13.9. The molecule has 0 saturated carbocycles. The highest BCUT2D eigenvalue weighted by molar-refractivity contribution is 5.87. The number of nitrogens with one attached hydrogen (secondary N) is 3. The van der Waals surface area contributed by atoms with E-state index in [0.29, 0.717) is 31.2 Å². The van der Waals surface area contributed by atoms with Crippen molar-refractivity contribution in [2.45, 2.75) is 78.4 Å². The normalized spacial score (nSPS) is 17.3. The number of likely N-dealkylation sites (tertiary alicyclic amines) is 1. The lowest BCUT2D eigenvalue weighted by atomic mass is 9.91. The number of aromatic nitrogens is 4. The van der Waals surface area contributed by atoms with Crippen molar-refractivity contribution in [1.82, 2.24) is 40.0 Å². The van der Waals surface area contributed by atoms with E-state index in [1.54, 1.807) is 34.0 Å². The first-order valence-corrected chi connectivity index (χ1v) is 20.4. The quantitative estimate of drug-likeness (QED) is 0.117. The highest BCUT2D eigenvalue weighted by Gasteiger charge is 2.42. The number of hydrogen-bond acceptors (Lipinski definition) is 9. The van der Waals surface area contributed by atoms with Gasteiger partial charge in [-0.1, -0.05) is 70.7 Å². The van der Waals surface area contributed by atoms with Gasteiger partial charge in [0.05, 0.1) is 69.6 Å². The first-order valence-electron chi connectivity index (χ1n) is 20.4. The number of imidazole rings is 2. The van der Waals surface area contributed by atoms with Gasteiger partial charge in [0, 0.05) is 24.1 Å². The number of amides is 4. The van der Waals surface area contributed by atoms with Gasteiger partial charge in [-0.15, -0.1) is 0 Å². The van der Waals surface area contributed by atoms with Crippen LogP contribution in [0.25, 0.3) is 22.5 Å². The third-order valence-electron chi connectivity index (χ3n) is 11.3. The number of rotatable bonds is 12. The Kier molecular flexibility index (Phi) is 13.7. The zero-order chi connectivity index (χ0) is 43.1. The number of esters is 1. The van der Waals surface area contributed by atoms with Crippen LogP contribution in [-0.2, 0) is 28.7 Å². The Morgan fingerprint density at radius 3 is 1.85 bits per heavy atom. The summed E-state index contributed by atoms with van der Waals surface area (Å²) in [6, 6.07) is 14.2. The predicted molar refractivity (Wildman–Crippen MR) is 223 cm³/mol. The number of hydrogen-bond donors (Lipinski definition) is 3. The van der Waals surface area contributed by atoms with E-state index in [-0.39, 0.29) is 48.7 Å². The van der Waals surface area contributed by atoms with Gasteiger partial charge in [0.15, 0.2) is 0 Å². The van der Waals surface area contributed by atoms with Crippen LogP contribution >= 0.6 is 0 Å². The molecule has 2 aromatic heterocycles. The van der Waals surface area contributed by atoms with Gasteiger partial charge in [0.2, 0.25) is 17.7 Å². The fraction of sp³-hybridized carbons (Fsp3) is 0.444. The molecule has 2 aromatic carbocycles. The minimum Gasteiger partial charge on any atom is -0.469 e. The van der Waals surface area contributed by atoms with Crippen LogP contribution in [0, 0.1) is 29.6 Å². The van der Waals surface area contributed by atoms with Crippen molar-refractivity contribution in [1.29, 1.82) is 0 Å².